The van der Waals surface area contributed by atoms with Gasteiger partial charge in [-0.25, -0.2) is 4.79 Å². The zero-order valence-corrected chi connectivity index (χ0v) is 20.2. The molecule has 180 valence electrons. The molecule has 0 bridgehead atoms. The van der Waals surface area contributed by atoms with Gasteiger partial charge in [0.15, 0.2) is 0 Å². The van der Waals surface area contributed by atoms with E-state index in [9.17, 15) is 9.59 Å². The van der Waals surface area contributed by atoms with Crippen LogP contribution in [0.25, 0.3) is 0 Å². The summed E-state index contributed by atoms with van der Waals surface area (Å²) in [6.45, 7) is 5.33. The first-order valence-electron chi connectivity index (χ1n) is 12.9. The van der Waals surface area contributed by atoms with Crippen molar-refractivity contribution >= 4 is 17.6 Å². The van der Waals surface area contributed by atoms with Crippen molar-refractivity contribution < 1.29 is 9.59 Å². The largest absolute Gasteiger partial charge is 0.342 e. The van der Waals surface area contributed by atoms with Crippen LogP contribution in [0.4, 0.5) is 10.5 Å². The Kier molecular flexibility index (Phi) is 6.57. The lowest BCUT2D eigenvalue weighted by Crippen LogP contribution is -2.50. The predicted octanol–water partition coefficient (Wildman–Crippen LogP) is 5.39. The molecule has 5 rings (SSSR count). The van der Waals surface area contributed by atoms with Gasteiger partial charge in [-0.1, -0.05) is 44.4 Å². The number of rotatable bonds is 4. The number of hydrogen-bond donors (Lipinski definition) is 1. The normalized spacial score (nSPS) is 21.1. The highest BCUT2D eigenvalue weighted by atomic mass is 16.2. The standard InChI is InChI=1S/C28H36N4O2/c1-28(13-3-2-4-14-28)26(33)31-16-11-22(12-17-31)21-7-9-25(10-8-21)30-27(34)32-19-24(20-32)23-6-5-15-29-18-23/h5-10,15,18,22,24H,2-4,11-14,16-17,19-20H2,1H3,(H,30,34). The number of aromatic nitrogens is 1. The van der Waals surface area contributed by atoms with E-state index < -0.39 is 0 Å². The summed E-state index contributed by atoms with van der Waals surface area (Å²) in [7, 11) is 0. The first-order chi connectivity index (χ1) is 16.5. The average Bonchev–Trinajstić information content (AvgIpc) is 2.84. The van der Waals surface area contributed by atoms with Crippen molar-refractivity contribution in [1.29, 1.82) is 0 Å². The van der Waals surface area contributed by atoms with Crippen LogP contribution in [0.1, 0.15) is 74.8 Å². The van der Waals surface area contributed by atoms with Gasteiger partial charge in [-0.3, -0.25) is 9.78 Å². The number of benzene rings is 1. The maximum atomic E-state index is 13.1. The minimum atomic E-state index is -0.139. The van der Waals surface area contributed by atoms with Gasteiger partial charge in [-0.2, -0.15) is 0 Å². The Labute approximate surface area is 202 Å². The molecule has 2 aromatic rings. The van der Waals surface area contributed by atoms with E-state index in [1.807, 2.05) is 29.3 Å². The van der Waals surface area contributed by atoms with Crippen LogP contribution in [0, 0.1) is 5.41 Å². The molecule has 1 aliphatic carbocycles. The lowest BCUT2D eigenvalue weighted by molar-refractivity contribution is -0.144. The Bertz CT molecular complexity index is 987. The lowest BCUT2D eigenvalue weighted by Gasteiger charge is -2.40. The second kappa shape index (κ2) is 9.77. The topological polar surface area (TPSA) is 65.5 Å². The third-order valence-electron chi connectivity index (χ3n) is 8.21. The molecule has 0 spiro atoms. The third-order valence-corrected chi connectivity index (χ3v) is 8.21. The van der Waals surface area contributed by atoms with E-state index in [0.717, 1.165) is 57.5 Å². The van der Waals surface area contributed by atoms with Crippen molar-refractivity contribution in [3.8, 4) is 0 Å². The summed E-state index contributed by atoms with van der Waals surface area (Å²) in [5.74, 6) is 1.23. The molecule has 2 aliphatic heterocycles. The Morgan fingerprint density at radius 1 is 0.912 bits per heavy atom. The molecule has 3 aliphatic rings. The fourth-order valence-electron chi connectivity index (χ4n) is 5.86. The van der Waals surface area contributed by atoms with Crippen molar-refractivity contribution in [1.82, 2.24) is 14.8 Å². The Balaban J connectivity index is 1.09. The van der Waals surface area contributed by atoms with Gasteiger partial charge in [0.25, 0.3) is 0 Å². The maximum Gasteiger partial charge on any atom is 0.321 e. The number of carbonyl (C=O) groups is 2. The highest BCUT2D eigenvalue weighted by Crippen LogP contribution is 2.39. The molecule has 2 saturated heterocycles. The molecule has 3 heterocycles. The van der Waals surface area contributed by atoms with Crippen molar-refractivity contribution in [3.05, 3.63) is 59.9 Å². The predicted molar refractivity (Wildman–Crippen MR) is 134 cm³/mol. The van der Waals surface area contributed by atoms with Gasteiger partial charge in [0.05, 0.1) is 0 Å². The molecule has 1 saturated carbocycles. The molecule has 0 atom stereocenters. The van der Waals surface area contributed by atoms with Gasteiger partial charge < -0.3 is 15.1 Å². The van der Waals surface area contributed by atoms with Crippen LogP contribution in [-0.2, 0) is 4.79 Å². The van der Waals surface area contributed by atoms with E-state index in [0.29, 0.717) is 17.7 Å². The molecule has 1 N–H and O–H groups in total. The second-order valence-corrected chi connectivity index (χ2v) is 10.6. The summed E-state index contributed by atoms with van der Waals surface area (Å²) in [6.07, 6.45) is 11.4. The van der Waals surface area contributed by atoms with Crippen LogP contribution in [0.2, 0.25) is 0 Å². The van der Waals surface area contributed by atoms with E-state index in [-0.39, 0.29) is 11.4 Å². The maximum absolute atomic E-state index is 13.1. The summed E-state index contributed by atoms with van der Waals surface area (Å²) in [6, 6.07) is 12.2. The number of nitrogens with one attached hydrogen (secondary N) is 1. The number of amides is 3. The van der Waals surface area contributed by atoms with Crippen LogP contribution < -0.4 is 5.32 Å². The quantitative estimate of drug-likeness (QED) is 0.665. The number of piperidine rings is 1. The van der Waals surface area contributed by atoms with Gasteiger partial charge in [0.1, 0.15) is 0 Å². The SMILES string of the molecule is CC1(C(=O)N2CCC(c3ccc(NC(=O)N4CC(c5cccnc5)C4)cc3)CC2)CCCCC1. The zero-order chi connectivity index (χ0) is 23.5. The number of nitrogens with zero attached hydrogens (tertiary/aromatic N) is 3. The molecule has 6 heteroatoms. The molecule has 6 nitrogen and oxygen atoms in total. The van der Waals surface area contributed by atoms with E-state index in [1.165, 1.54) is 30.4 Å². The summed E-state index contributed by atoms with van der Waals surface area (Å²) >= 11 is 0. The number of urea groups is 1. The second-order valence-electron chi connectivity index (χ2n) is 10.6. The summed E-state index contributed by atoms with van der Waals surface area (Å²) in [5, 5.41) is 3.03. The molecule has 0 unspecified atom stereocenters. The van der Waals surface area contributed by atoms with Crippen LogP contribution in [0.3, 0.4) is 0 Å². The van der Waals surface area contributed by atoms with E-state index >= 15 is 0 Å². The summed E-state index contributed by atoms with van der Waals surface area (Å²) < 4.78 is 0. The molecule has 1 aromatic heterocycles. The van der Waals surface area contributed by atoms with E-state index in [1.54, 1.807) is 6.20 Å². The number of anilines is 1. The minimum absolute atomic E-state index is 0.0454. The average molecular weight is 461 g/mol. The fourth-order valence-corrected chi connectivity index (χ4v) is 5.86. The fraction of sp³-hybridized carbons (Fsp3) is 0.536. The molecule has 3 fully saturated rings. The first-order valence-corrected chi connectivity index (χ1v) is 12.9. The number of likely N-dealkylation sites (tertiary alicyclic amines) is 2. The Hall–Kier alpha value is -2.89. The van der Waals surface area contributed by atoms with Gasteiger partial charge in [-0.15, -0.1) is 0 Å². The van der Waals surface area contributed by atoms with Crippen molar-refractivity contribution in [3.63, 3.8) is 0 Å². The molecule has 1 aromatic carbocycles. The minimum Gasteiger partial charge on any atom is -0.342 e. The zero-order valence-electron chi connectivity index (χ0n) is 20.2. The first kappa shape index (κ1) is 22.9. The van der Waals surface area contributed by atoms with Gasteiger partial charge in [-0.05, 0) is 60.9 Å². The van der Waals surface area contributed by atoms with E-state index in [4.69, 9.17) is 0 Å². The highest BCUT2D eigenvalue weighted by Gasteiger charge is 2.38. The number of pyridine rings is 1. The smallest absolute Gasteiger partial charge is 0.321 e. The molecule has 3 amide bonds. The Morgan fingerprint density at radius 3 is 2.26 bits per heavy atom. The van der Waals surface area contributed by atoms with Crippen molar-refractivity contribution in [2.24, 2.45) is 5.41 Å². The molecule has 34 heavy (non-hydrogen) atoms. The number of hydrogen-bond acceptors (Lipinski definition) is 3. The van der Waals surface area contributed by atoms with Crippen molar-refractivity contribution in [2.45, 2.75) is 63.7 Å². The molecule has 0 radical (unpaired) electrons. The van der Waals surface area contributed by atoms with Crippen molar-refractivity contribution in [2.75, 3.05) is 31.5 Å². The van der Waals surface area contributed by atoms with E-state index in [2.05, 4.69) is 40.3 Å². The molecular weight excluding hydrogens is 424 g/mol. The highest BCUT2D eigenvalue weighted by molar-refractivity contribution is 5.90. The Morgan fingerprint density at radius 2 is 1.62 bits per heavy atom. The van der Waals surface area contributed by atoms with Gasteiger partial charge in [0, 0.05) is 55.6 Å². The van der Waals surface area contributed by atoms with Crippen LogP contribution in [0.15, 0.2) is 48.8 Å². The van der Waals surface area contributed by atoms with Crippen LogP contribution in [-0.4, -0.2) is 52.9 Å². The van der Waals surface area contributed by atoms with Gasteiger partial charge >= 0.3 is 6.03 Å². The van der Waals surface area contributed by atoms with Crippen LogP contribution in [0.5, 0.6) is 0 Å². The van der Waals surface area contributed by atoms with Crippen LogP contribution >= 0.6 is 0 Å². The summed E-state index contributed by atoms with van der Waals surface area (Å²) in [4.78, 5) is 33.8. The molecular formula is C28H36N4O2. The summed E-state index contributed by atoms with van der Waals surface area (Å²) in [5.41, 5.74) is 3.18. The lowest BCUT2D eigenvalue weighted by atomic mass is 9.74. The third kappa shape index (κ3) is 4.82. The van der Waals surface area contributed by atoms with Gasteiger partial charge in [0.2, 0.25) is 5.91 Å². The number of carbonyl (C=O) groups excluding carboxylic acids is 2. The monoisotopic (exact) mass is 460 g/mol.